The summed E-state index contributed by atoms with van der Waals surface area (Å²) in [5.41, 5.74) is 16.5. The maximum atomic E-state index is 2.43. The molecule has 0 spiro atoms. The van der Waals surface area contributed by atoms with Gasteiger partial charge < -0.3 is 9.47 Å². The number of rotatable bonds is 8. The number of nitrogens with zero attached hydrogens (tertiary/aromatic N) is 2. The first kappa shape index (κ1) is 41.5. The van der Waals surface area contributed by atoms with E-state index in [0.717, 1.165) is 28.3 Å². The van der Waals surface area contributed by atoms with Crippen LogP contribution in [0.25, 0.3) is 115 Å². The second-order valence-electron chi connectivity index (χ2n) is 18.8. The van der Waals surface area contributed by atoms with Crippen LogP contribution in [0.1, 0.15) is 0 Å². The van der Waals surface area contributed by atoms with Gasteiger partial charge in [-0.05, 0) is 143 Å². The Kier molecular flexibility index (Phi) is 9.89. The van der Waals surface area contributed by atoms with Gasteiger partial charge in [0.15, 0.2) is 0 Å². The Hall–Kier alpha value is -9.50. The molecule has 0 fully saturated rings. The van der Waals surface area contributed by atoms with E-state index in [9.17, 15) is 0 Å². The highest BCUT2D eigenvalue weighted by molar-refractivity contribution is 6.22. The van der Waals surface area contributed by atoms with Crippen molar-refractivity contribution in [2.45, 2.75) is 0 Å². The molecule has 13 aromatic carbocycles. The third-order valence-electron chi connectivity index (χ3n) is 14.8. The molecular formula is C70H46N2. The molecule has 0 bridgehead atoms. The van der Waals surface area contributed by atoms with E-state index < -0.39 is 0 Å². The number of fused-ring (bicyclic) bond motifs is 9. The molecule has 2 nitrogen and oxygen atoms in total. The molecule has 1 heterocycles. The molecule has 0 unspecified atom stereocenters. The van der Waals surface area contributed by atoms with Crippen LogP contribution in [0.5, 0.6) is 0 Å². The van der Waals surface area contributed by atoms with Crippen LogP contribution in [0.15, 0.2) is 279 Å². The molecule has 0 N–H and O–H groups in total. The molecule has 336 valence electrons. The fourth-order valence-electron chi connectivity index (χ4n) is 11.5. The van der Waals surface area contributed by atoms with Crippen molar-refractivity contribution in [2.24, 2.45) is 0 Å². The van der Waals surface area contributed by atoms with Gasteiger partial charge in [-0.25, -0.2) is 0 Å². The van der Waals surface area contributed by atoms with Crippen LogP contribution >= 0.6 is 0 Å². The molecule has 0 aliphatic rings. The van der Waals surface area contributed by atoms with Gasteiger partial charge in [0.2, 0.25) is 0 Å². The highest BCUT2D eigenvalue weighted by atomic mass is 15.1. The largest absolute Gasteiger partial charge is 0.310 e. The van der Waals surface area contributed by atoms with Gasteiger partial charge in [0, 0.05) is 33.2 Å². The monoisotopic (exact) mass is 914 g/mol. The van der Waals surface area contributed by atoms with Crippen molar-refractivity contribution < 1.29 is 0 Å². The molecule has 0 aliphatic carbocycles. The summed E-state index contributed by atoms with van der Waals surface area (Å²) in [6.45, 7) is 0. The molecule has 0 radical (unpaired) electrons. The quantitative estimate of drug-likeness (QED) is 0.138. The van der Waals surface area contributed by atoms with Crippen LogP contribution < -0.4 is 4.90 Å². The Bertz CT molecular complexity index is 4340. The summed E-state index contributed by atoms with van der Waals surface area (Å²) < 4.78 is 2.39. The van der Waals surface area contributed by atoms with Crippen molar-refractivity contribution >= 4 is 82.0 Å². The van der Waals surface area contributed by atoms with Crippen LogP contribution in [0.3, 0.4) is 0 Å². The number of hydrogen-bond acceptors (Lipinski definition) is 1. The van der Waals surface area contributed by atoms with E-state index >= 15 is 0 Å². The molecule has 14 rings (SSSR count). The average molecular weight is 915 g/mol. The van der Waals surface area contributed by atoms with E-state index in [4.69, 9.17) is 0 Å². The summed E-state index contributed by atoms with van der Waals surface area (Å²) in [5, 5.41) is 12.4. The van der Waals surface area contributed by atoms with Gasteiger partial charge in [-0.1, -0.05) is 218 Å². The Labute approximate surface area is 418 Å². The Morgan fingerprint density at radius 1 is 0.264 bits per heavy atom. The van der Waals surface area contributed by atoms with Gasteiger partial charge in [0.05, 0.1) is 16.7 Å². The minimum absolute atomic E-state index is 1.09. The Morgan fingerprint density at radius 3 is 1.49 bits per heavy atom. The molecule has 72 heavy (non-hydrogen) atoms. The summed E-state index contributed by atoms with van der Waals surface area (Å²) >= 11 is 0. The zero-order chi connectivity index (χ0) is 47.5. The number of anilines is 3. The zero-order valence-electron chi connectivity index (χ0n) is 39.5. The minimum atomic E-state index is 1.09. The first-order valence-corrected chi connectivity index (χ1v) is 24.8. The molecular weight excluding hydrogens is 869 g/mol. The van der Waals surface area contributed by atoms with Crippen molar-refractivity contribution in [1.29, 1.82) is 0 Å². The van der Waals surface area contributed by atoms with Crippen molar-refractivity contribution in [3.8, 4) is 50.2 Å². The highest BCUT2D eigenvalue weighted by Crippen LogP contribution is 2.47. The fraction of sp³-hybridized carbons (Fsp3) is 0. The van der Waals surface area contributed by atoms with Crippen LogP contribution in [0, 0.1) is 0 Å². The minimum Gasteiger partial charge on any atom is -0.310 e. The molecule has 2 heteroatoms. The lowest BCUT2D eigenvalue weighted by Crippen LogP contribution is -2.10. The van der Waals surface area contributed by atoms with Crippen LogP contribution in [-0.4, -0.2) is 4.57 Å². The van der Waals surface area contributed by atoms with Gasteiger partial charge in [0.25, 0.3) is 0 Å². The Morgan fingerprint density at radius 2 is 0.764 bits per heavy atom. The van der Waals surface area contributed by atoms with Gasteiger partial charge in [0.1, 0.15) is 0 Å². The molecule has 0 saturated carbocycles. The molecule has 0 saturated heterocycles. The highest BCUT2D eigenvalue weighted by Gasteiger charge is 2.21. The maximum absolute atomic E-state index is 2.43. The van der Waals surface area contributed by atoms with E-state index in [1.165, 1.54) is 104 Å². The van der Waals surface area contributed by atoms with Crippen molar-refractivity contribution in [3.05, 3.63) is 279 Å². The van der Waals surface area contributed by atoms with Gasteiger partial charge in [-0.3, -0.25) is 0 Å². The molecule has 0 atom stereocenters. The third kappa shape index (κ3) is 6.80. The standard InChI is InChI=1S/C70H46N2/c1-4-19-50(20-5-1)68-62-27-13-12-26-59(62)60-44-39-52(46-64(60)69(68)51-21-6-2-7-22-51)47-34-40-54(41-35-47)71(65-32-17-30-58-56-25-11-10-18-48(56)38-45-61(58)65)55-42-36-49(37-43-55)57-29-16-33-67-70(57)63-28-14-15-31-66(63)72(67)53-23-8-3-9-24-53/h1-46H. The first-order chi connectivity index (χ1) is 35.7. The second-order valence-corrected chi connectivity index (χ2v) is 18.8. The summed E-state index contributed by atoms with van der Waals surface area (Å²) in [7, 11) is 0. The summed E-state index contributed by atoms with van der Waals surface area (Å²) in [4.78, 5) is 2.43. The average Bonchev–Trinajstić information content (AvgIpc) is 3.80. The first-order valence-electron chi connectivity index (χ1n) is 24.8. The van der Waals surface area contributed by atoms with Crippen LogP contribution in [-0.2, 0) is 0 Å². The van der Waals surface area contributed by atoms with Crippen molar-refractivity contribution in [1.82, 2.24) is 4.57 Å². The van der Waals surface area contributed by atoms with Crippen molar-refractivity contribution in [3.63, 3.8) is 0 Å². The molecule has 0 aliphatic heterocycles. The zero-order valence-corrected chi connectivity index (χ0v) is 39.5. The summed E-state index contributed by atoms with van der Waals surface area (Å²) in [6, 6.07) is 102. The van der Waals surface area contributed by atoms with E-state index in [1.807, 2.05) is 0 Å². The summed E-state index contributed by atoms with van der Waals surface area (Å²) in [5.74, 6) is 0. The Balaban J connectivity index is 0.920. The maximum Gasteiger partial charge on any atom is 0.0547 e. The second kappa shape index (κ2) is 17.2. The normalized spacial score (nSPS) is 11.6. The van der Waals surface area contributed by atoms with E-state index in [1.54, 1.807) is 0 Å². The van der Waals surface area contributed by atoms with Crippen LogP contribution in [0.2, 0.25) is 0 Å². The lowest BCUT2D eigenvalue weighted by molar-refractivity contribution is 1.18. The molecule has 14 aromatic rings. The fourth-order valence-corrected chi connectivity index (χ4v) is 11.5. The molecule has 1 aromatic heterocycles. The lowest BCUT2D eigenvalue weighted by atomic mass is 9.84. The van der Waals surface area contributed by atoms with E-state index in [0.29, 0.717) is 0 Å². The van der Waals surface area contributed by atoms with Crippen LogP contribution in [0.4, 0.5) is 17.1 Å². The predicted octanol–water partition coefficient (Wildman–Crippen LogP) is 19.5. The molecule has 0 amide bonds. The summed E-state index contributed by atoms with van der Waals surface area (Å²) in [6.07, 6.45) is 0. The van der Waals surface area contributed by atoms with Gasteiger partial charge in [-0.15, -0.1) is 0 Å². The van der Waals surface area contributed by atoms with E-state index in [2.05, 4.69) is 289 Å². The number of hydrogen-bond donors (Lipinski definition) is 0. The predicted molar refractivity (Wildman–Crippen MR) is 307 cm³/mol. The SMILES string of the molecule is c1ccc(-c2c(-c3ccccc3)c3cc(-c4ccc(N(c5ccc(-c6cccc7c6c6ccccc6n7-c6ccccc6)cc5)c5cccc6c5ccc5ccccc56)cc4)ccc3c3ccccc23)cc1. The topological polar surface area (TPSA) is 8.17 Å². The van der Waals surface area contributed by atoms with Crippen molar-refractivity contribution in [2.75, 3.05) is 4.90 Å². The van der Waals surface area contributed by atoms with Gasteiger partial charge in [-0.2, -0.15) is 0 Å². The number of para-hydroxylation sites is 2. The number of benzene rings is 13. The third-order valence-corrected chi connectivity index (χ3v) is 14.8. The lowest BCUT2D eigenvalue weighted by Gasteiger charge is -2.27. The van der Waals surface area contributed by atoms with Gasteiger partial charge >= 0.3 is 0 Å². The van der Waals surface area contributed by atoms with E-state index in [-0.39, 0.29) is 0 Å². The number of aromatic nitrogens is 1. The smallest absolute Gasteiger partial charge is 0.0547 e.